The molecule has 0 atom stereocenters. The highest BCUT2D eigenvalue weighted by Crippen LogP contribution is 2.28. The van der Waals surface area contributed by atoms with Gasteiger partial charge in [-0.15, -0.1) is 0 Å². The van der Waals surface area contributed by atoms with Crippen LogP contribution in [0.1, 0.15) is 53.8 Å². The first-order valence-corrected chi connectivity index (χ1v) is 9.51. The molecule has 3 rings (SSSR count). The third-order valence-electron chi connectivity index (χ3n) is 5.10. The highest BCUT2D eigenvalue weighted by atomic mass is 16.5. The Balaban J connectivity index is 1.98. The van der Waals surface area contributed by atoms with E-state index in [0.29, 0.717) is 60.6 Å². The Kier molecular flexibility index (Phi) is 6.01. The van der Waals surface area contributed by atoms with Gasteiger partial charge in [0, 0.05) is 40.9 Å². The van der Waals surface area contributed by atoms with E-state index in [2.05, 4.69) is 6.92 Å². The summed E-state index contributed by atoms with van der Waals surface area (Å²) in [4.78, 5) is 40.4. The number of ether oxygens (including phenoxy) is 1. The fourth-order valence-corrected chi connectivity index (χ4v) is 3.44. The van der Waals surface area contributed by atoms with Crippen molar-refractivity contribution in [3.63, 3.8) is 0 Å². The minimum atomic E-state index is -0.188. The third kappa shape index (κ3) is 3.93. The van der Waals surface area contributed by atoms with Gasteiger partial charge in [0.2, 0.25) is 5.91 Å². The summed E-state index contributed by atoms with van der Waals surface area (Å²) in [6.07, 6.45) is 4.04. The number of fused-ring (bicyclic) bond motifs is 1. The largest absolute Gasteiger partial charge is 0.378 e. The maximum atomic E-state index is 13.0. The molecule has 1 aromatic carbocycles. The molecule has 1 aliphatic carbocycles. The molecule has 2 aliphatic rings. The van der Waals surface area contributed by atoms with E-state index in [1.807, 2.05) is 0 Å². The van der Waals surface area contributed by atoms with Crippen molar-refractivity contribution in [1.29, 1.82) is 0 Å². The fraction of sp³-hybridized carbons (Fsp3) is 0.409. The van der Waals surface area contributed by atoms with E-state index >= 15 is 0 Å². The van der Waals surface area contributed by atoms with Crippen molar-refractivity contribution in [2.45, 2.75) is 33.1 Å². The van der Waals surface area contributed by atoms with Gasteiger partial charge in [0.1, 0.15) is 0 Å². The molecule has 142 valence electrons. The molecular formula is C22H25NO4. The summed E-state index contributed by atoms with van der Waals surface area (Å²) in [7, 11) is 0. The van der Waals surface area contributed by atoms with Crippen LogP contribution in [0, 0.1) is 0 Å². The van der Waals surface area contributed by atoms with Crippen molar-refractivity contribution in [2.24, 2.45) is 0 Å². The Labute approximate surface area is 159 Å². The molecule has 0 spiro atoms. The smallest absolute Gasteiger partial charge is 0.249 e. The molecule has 1 aliphatic heterocycles. The van der Waals surface area contributed by atoms with Crippen molar-refractivity contribution < 1.29 is 19.1 Å². The number of carbonyl (C=O) groups excluding carboxylic acids is 3. The molecular weight excluding hydrogens is 342 g/mol. The number of amides is 1. The predicted molar refractivity (Wildman–Crippen MR) is 103 cm³/mol. The second-order valence-corrected chi connectivity index (χ2v) is 6.92. The monoisotopic (exact) mass is 367 g/mol. The standard InChI is InChI=1S/C22H25NO4/c1-3-4-7-16(22(26)23-10-12-27-13-11-23)14-19-15(2)20(24)17-8-5-6-9-18(17)21(19)25/h5-6,8-9,14H,3-4,7,10-13H2,1-2H3. The van der Waals surface area contributed by atoms with Crippen molar-refractivity contribution >= 4 is 17.5 Å². The van der Waals surface area contributed by atoms with E-state index in [0.717, 1.165) is 12.8 Å². The van der Waals surface area contributed by atoms with Gasteiger partial charge in [-0.25, -0.2) is 0 Å². The molecule has 0 unspecified atom stereocenters. The second-order valence-electron chi connectivity index (χ2n) is 6.92. The topological polar surface area (TPSA) is 63.7 Å². The zero-order chi connectivity index (χ0) is 19.4. The Hall–Kier alpha value is -2.53. The number of nitrogens with zero attached hydrogens (tertiary/aromatic N) is 1. The number of benzene rings is 1. The molecule has 1 heterocycles. The van der Waals surface area contributed by atoms with E-state index in [-0.39, 0.29) is 17.5 Å². The van der Waals surface area contributed by atoms with Crippen molar-refractivity contribution in [2.75, 3.05) is 26.3 Å². The quantitative estimate of drug-likeness (QED) is 0.749. The van der Waals surface area contributed by atoms with Gasteiger partial charge in [0.25, 0.3) is 0 Å². The van der Waals surface area contributed by atoms with Crippen LogP contribution in [0.25, 0.3) is 0 Å². The molecule has 1 saturated heterocycles. The van der Waals surface area contributed by atoms with Crippen LogP contribution in [-0.2, 0) is 9.53 Å². The summed E-state index contributed by atoms with van der Waals surface area (Å²) < 4.78 is 5.33. The van der Waals surface area contributed by atoms with Gasteiger partial charge in [-0.2, -0.15) is 0 Å². The van der Waals surface area contributed by atoms with Crippen LogP contribution in [0.4, 0.5) is 0 Å². The summed E-state index contributed by atoms with van der Waals surface area (Å²) in [5.41, 5.74) is 2.18. The lowest BCUT2D eigenvalue weighted by Gasteiger charge is -2.28. The maximum Gasteiger partial charge on any atom is 0.249 e. The van der Waals surface area contributed by atoms with Crippen LogP contribution < -0.4 is 0 Å². The first-order chi connectivity index (χ1) is 13.0. The summed E-state index contributed by atoms with van der Waals surface area (Å²) in [6, 6.07) is 6.86. The molecule has 5 heteroatoms. The van der Waals surface area contributed by atoms with Gasteiger partial charge < -0.3 is 9.64 Å². The molecule has 1 fully saturated rings. The number of ketones is 2. The number of carbonyl (C=O) groups is 3. The van der Waals surface area contributed by atoms with Crippen LogP contribution in [0.5, 0.6) is 0 Å². The Bertz CT molecular complexity index is 828. The highest BCUT2D eigenvalue weighted by molar-refractivity contribution is 6.28. The molecule has 1 amide bonds. The predicted octanol–water partition coefficient (Wildman–Crippen LogP) is 3.36. The minimum absolute atomic E-state index is 0.0637. The number of hydrogen-bond donors (Lipinski definition) is 0. The van der Waals surface area contributed by atoms with Crippen LogP contribution in [0.2, 0.25) is 0 Å². The van der Waals surface area contributed by atoms with Gasteiger partial charge >= 0.3 is 0 Å². The maximum absolute atomic E-state index is 13.0. The van der Waals surface area contributed by atoms with E-state index in [4.69, 9.17) is 4.74 Å². The summed E-state index contributed by atoms with van der Waals surface area (Å²) in [6.45, 7) is 5.89. The SMILES string of the molecule is CCCCC(=CC1=C(C)C(=O)c2ccccc2C1=O)C(=O)N1CCOCC1. The summed E-state index contributed by atoms with van der Waals surface area (Å²) >= 11 is 0. The normalized spacial score (nSPS) is 18.0. The lowest BCUT2D eigenvalue weighted by molar-refractivity contribution is -0.131. The summed E-state index contributed by atoms with van der Waals surface area (Å²) in [5, 5.41) is 0. The number of hydrogen-bond acceptors (Lipinski definition) is 4. The highest BCUT2D eigenvalue weighted by Gasteiger charge is 2.30. The lowest BCUT2D eigenvalue weighted by Crippen LogP contribution is -2.41. The van der Waals surface area contributed by atoms with Gasteiger partial charge in [0.15, 0.2) is 11.6 Å². The van der Waals surface area contributed by atoms with Gasteiger partial charge in [-0.1, -0.05) is 37.6 Å². The molecule has 5 nitrogen and oxygen atoms in total. The first-order valence-electron chi connectivity index (χ1n) is 9.51. The molecule has 27 heavy (non-hydrogen) atoms. The molecule has 0 aromatic heterocycles. The van der Waals surface area contributed by atoms with E-state index in [9.17, 15) is 14.4 Å². The Morgan fingerprint density at radius 1 is 1.11 bits per heavy atom. The number of allylic oxidation sites excluding steroid dienone is 3. The average Bonchev–Trinajstić information content (AvgIpc) is 2.72. The number of Topliss-reactive ketones (excluding diaryl/α,β-unsaturated/α-hetero) is 2. The lowest BCUT2D eigenvalue weighted by atomic mass is 9.83. The number of rotatable bonds is 5. The first kappa shape index (κ1) is 19.2. The van der Waals surface area contributed by atoms with Crippen LogP contribution >= 0.6 is 0 Å². The third-order valence-corrected chi connectivity index (χ3v) is 5.10. The zero-order valence-electron chi connectivity index (χ0n) is 15.9. The fourth-order valence-electron chi connectivity index (χ4n) is 3.44. The number of unbranched alkanes of at least 4 members (excludes halogenated alkanes) is 1. The molecule has 0 N–H and O–H groups in total. The van der Waals surface area contributed by atoms with Crippen LogP contribution in [0.15, 0.2) is 47.1 Å². The molecule has 0 bridgehead atoms. The second kappa shape index (κ2) is 8.44. The van der Waals surface area contributed by atoms with Crippen LogP contribution in [0.3, 0.4) is 0 Å². The van der Waals surface area contributed by atoms with E-state index in [1.54, 1.807) is 42.2 Å². The molecule has 0 radical (unpaired) electrons. The Morgan fingerprint density at radius 2 is 1.74 bits per heavy atom. The zero-order valence-corrected chi connectivity index (χ0v) is 15.9. The Morgan fingerprint density at radius 3 is 2.37 bits per heavy atom. The van der Waals surface area contributed by atoms with Crippen LogP contribution in [-0.4, -0.2) is 48.7 Å². The van der Waals surface area contributed by atoms with E-state index in [1.165, 1.54) is 0 Å². The van der Waals surface area contributed by atoms with Gasteiger partial charge in [-0.05, 0) is 25.8 Å². The van der Waals surface area contributed by atoms with Crippen molar-refractivity contribution in [1.82, 2.24) is 4.90 Å². The number of morpholine rings is 1. The van der Waals surface area contributed by atoms with Crippen molar-refractivity contribution in [3.05, 3.63) is 58.2 Å². The minimum Gasteiger partial charge on any atom is -0.378 e. The average molecular weight is 367 g/mol. The van der Waals surface area contributed by atoms with Gasteiger partial charge in [-0.3, -0.25) is 14.4 Å². The molecule has 0 saturated carbocycles. The molecule has 1 aromatic rings. The van der Waals surface area contributed by atoms with Crippen molar-refractivity contribution in [3.8, 4) is 0 Å². The van der Waals surface area contributed by atoms with Gasteiger partial charge in [0.05, 0.1) is 13.2 Å². The summed E-state index contributed by atoms with van der Waals surface area (Å²) in [5.74, 6) is -0.400. The van der Waals surface area contributed by atoms with E-state index < -0.39 is 0 Å².